The molecular formula is C12H14ClNO3. The van der Waals surface area contributed by atoms with E-state index in [1.807, 2.05) is 0 Å². The molecule has 1 aromatic rings. The molecule has 0 spiro atoms. The predicted octanol–water partition coefficient (Wildman–Crippen LogP) is 2.52. The van der Waals surface area contributed by atoms with Crippen molar-refractivity contribution in [2.45, 2.75) is 31.7 Å². The van der Waals surface area contributed by atoms with Crippen molar-refractivity contribution in [2.24, 2.45) is 0 Å². The summed E-state index contributed by atoms with van der Waals surface area (Å²) < 4.78 is 5.09. The van der Waals surface area contributed by atoms with Gasteiger partial charge in [0, 0.05) is 25.9 Å². The molecule has 0 aromatic carbocycles. The van der Waals surface area contributed by atoms with Gasteiger partial charge in [-0.2, -0.15) is 0 Å². The van der Waals surface area contributed by atoms with Gasteiger partial charge in [0.15, 0.2) is 11.0 Å². The maximum absolute atomic E-state index is 12.0. The molecule has 0 bridgehead atoms. The van der Waals surface area contributed by atoms with Crippen molar-refractivity contribution in [1.29, 1.82) is 0 Å². The van der Waals surface area contributed by atoms with Crippen LogP contribution in [0.2, 0.25) is 5.22 Å². The molecule has 1 aromatic heterocycles. The molecule has 4 nitrogen and oxygen atoms in total. The van der Waals surface area contributed by atoms with Gasteiger partial charge in [0.2, 0.25) is 0 Å². The Morgan fingerprint density at radius 1 is 1.41 bits per heavy atom. The number of halogens is 1. The van der Waals surface area contributed by atoms with Crippen LogP contribution in [0.5, 0.6) is 0 Å². The first-order valence-corrected chi connectivity index (χ1v) is 6.00. The quantitative estimate of drug-likeness (QED) is 0.816. The van der Waals surface area contributed by atoms with E-state index in [9.17, 15) is 9.59 Å². The number of carbonyl (C=O) groups is 2. The van der Waals surface area contributed by atoms with Crippen LogP contribution in [0.25, 0.3) is 0 Å². The number of carbonyl (C=O) groups excluding carboxylic acids is 2. The first-order valence-electron chi connectivity index (χ1n) is 5.62. The second-order valence-electron chi connectivity index (χ2n) is 4.29. The van der Waals surface area contributed by atoms with E-state index in [1.165, 1.54) is 0 Å². The van der Waals surface area contributed by atoms with Gasteiger partial charge >= 0.3 is 0 Å². The van der Waals surface area contributed by atoms with Crippen molar-refractivity contribution in [1.82, 2.24) is 4.90 Å². The topological polar surface area (TPSA) is 50.5 Å². The second kappa shape index (κ2) is 4.92. The van der Waals surface area contributed by atoms with Gasteiger partial charge in [-0.3, -0.25) is 9.59 Å². The molecule has 0 unspecified atom stereocenters. The Bertz CT molecular complexity index is 431. The lowest BCUT2D eigenvalue weighted by Gasteiger charge is -2.30. The summed E-state index contributed by atoms with van der Waals surface area (Å²) in [5.41, 5.74) is 0. The lowest BCUT2D eigenvalue weighted by atomic mass is 9.93. The van der Waals surface area contributed by atoms with Crippen molar-refractivity contribution >= 4 is 23.3 Å². The van der Waals surface area contributed by atoms with Crippen LogP contribution < -0.4 is 0 Å². The molecule has 1 saturated carbocycles. The van der Waals surface area contributed by atoms with Crippen LogP contribution in [-0.4, -0.2) is 29.7 Å². The third-order valence-corrected chi connectivity index (χ3v) is 3.37. The number of rotatable bonds is 2. The van der Waals surface area contributed by atoms with Crippen molar-refractivity contribution in [3.05, 3.63) is 23.1 Å². The fraction of sp³-hybridized carbons (Fsp3) is 0.500. The van der Waals surface area contributed by atoms with Crippen molar-refractivity contribution in [3.63, 3.8) is 0 Å². The average Bonchev–Trinajstić information content (AvgIpc) is 2.75. The molecule has 1 heterocycles. The molecule has 1 fully saturated rings. The summed E-state index contributed by atoms with van der Waals surface area (Å²) in [4.78, 5) is 24.8. The van der Waals surface area contributed by atoms with Crippen molar-refractivity contribution in [2.75, 3.05) is 7.05 Å². The van der Waals surface area contributed by atoms with E-state index in [0.717, 1.165) is 12.8 Å². The maximum Gasteiger partial charge on any atom is 0.289 e. The second-order valence-corrected chi connectivity index (χ2v) is 4.66. The highest BCUT2D eigenvalue weighted by atomic mass is 35.5. The van der Waals surface area contributed by atoms with Crippen LogP contribution in [0.4, 0.5) is 0 Å². The van der Waals surface area contributed by atoms with Crippen LogP contribution in [0, 0.1) is 0 Å². The molecule has 17 heavy (non-hydrogen) atoms. The minimum atomic E-state index is -0.184. The first kappa shape index (κ1) is 12.2. The van der Waals surface area contributed by atoms with Crippen LogP contribution in [0.15, 0.2) is 16.5 Å². The summed E-state index contributed by atoms with van der Waals surface area (Å²) in [5, 5.41) is 0.209. The van der Waals surface area contributed by atoms with E-state index in [2.05, 4.69) is 0 Å². The third kappa shape index (κ3) is 2.69. The van der Waals surface area contributed by atoms with E-state index < -0.39 is 0 Å². The summed E-state index contributed by atoms with van der Waals surface area (Å²) in [7, 11) is 1.74. The molecular weight excluding hydrogens is 242 g/mol. The molecule has 0 saturated heterocycles. The average molecular weight is 256 g/mol. The Morgan fingerprint density at radius 3 is 2.59 bits per heavy atom. The SMILES string of the molecule is CN(C(=O)c1ccc(Cl)o1)C1CCC(=O)CC1. The van der Waals surface area contributed by atoms with E-state index >= 15 is 0 Å². The summed E-state index contributed by atoms with van der Waals surface area (Å²) in [5.74, 6) is 0.341. The minimum Gasteiger partial charge on any atom is -0.440 e. The molecule has 2 rings (SSSR count). The molecule has 92 valence electrons. The van der Waals surface area contributed by atoms with Gasteiger partial charge < -0.3 is 9.32 Å². The molecule has 1 aliphatic carbocycles. The monoisotopic (exact) mass is 255 g/mol. The zero-order valence-electron chi connectivity index (χ0n) is 9.61. The van der Waals surface area contributed by atoms with Gasteiger partial charge in [0.05, 0.1) is 0 Å². The molecule has 1 amide bonds. The van der Waals surface area contributed by atoms with Gasteiger partial charge in [0.25, 0.3) is 5.91 Å². The van der Waals surface area contributed by atoms with E-state index in [-0.39, 0.29) is 28.7 Å². The summed E-state index contributed by atoms with van der Waals surface area (Å²) in [6, 6.07) is 3.23. The highest BCUT2D eigenvalue weighted by molar-refractivity contribution is 6.29. The largest absolute Gasteiger partial charge is 0.440 e. The molecule has 0 aliphatic heterocycles. The zero-order valence-corrected chi connectivity index (χ0v) is 10.4. The Labute approximate surface area is 105 Å². The van der Waals surface area contributed by atoms with E-state index in [1.54, 1.807) is 24.1 Å². The lowest BCUT2D eigenvalue weighted by molar-refractivity contribution is -0.121. The Hall–Kier alpha value is -1.29. The number of hydrogen-bond acceptors (Lipinski definition) is 3. The number of nitrogens with zero attached hydrogens (tertiary/aromatic N) is 1. The number of hydrogen-bond donors (Lipinski definition) is 0. The summed E-state index contributed by atoms with van der Waals surface area (Å²) in [6.45, 7) is 0. The Balaban J connectivity index is 2.02. The van der Waals surface area contributed by atoms with Crippen LogP contribution >= 0.6 is 11.6 Å². The fourth-order valence-electron chi connectivity index (χ4n) is 2.08. The van der Waals surface area contributed by atoms with Crippen molar-refractivity contribution < 1.29 is 14.0 Å². The normalized spacial score (nSPS) is 17.2. The number of ketones is 1. The maximum atomic E-state index is 12.0. The number of amides is 1. The van der Waals surface area contributed by atoms with Gasteiger partial charge in [0.1, 0.15) is 5.78 Å². The van der Waals surface area contributed by atoms with E-state index in [0.29, 0.717) is 12.8 Å². The number of Topliss-reactive ketones (excluding diaryl/α,β-unsaturated/α-hetero) is 1. The lowest BCUT2D eigenvalue weighted by Crippen LogP contribution is -2.39. The van der Waals surface area contributed by atoms with Gasteiger partial charge in [-0.25, -0.2) is 0 Å². The molecule has 0 radical (unpaired) electrons. The van der Waals surface area contributed by atoms with Gasteiger partial charge in [-0.15, -0.1) is 0 Å². The standard InChI is InChI=1S/C12H14ClNO3/c1-14(8-2-4-9(15)5-3-8)12(16)10-6-7-11(13)17-10/h6-8H,2-5H2,1H3. The zero-order chi connectivity index (χ0) is 12.4. The highest BCUT2D eigenvalue weighted by Crippen LogP contribution is 2.22. The van der Waals surface area contributed by atoms with Gasteiger partial charge in [-0.1, -0.05) is 0 Å². The van der Waals surface area contributed by atoms with Gasteiger partial charge in [-0.05, 0) is 36.6 Å². The number of furan rings is 1. The molecule has 0 N–H and O–H groups in total. The predicted molar refractivity (Wildman–Crippen MR) is 63.1 cm³/mol. The minimum absolute atomic E-state index is 0.115. The molecule has 1 aliphatic rings. The highest BCUT2D eigenvalue weighted by Gasteiger charge is 2.27. The first-order chi connectivity index (χ1) is 8.08. The third-order valence-electron chi connectivity index (χ3n) is 3.16. The fourth-order valence-corrected chi connectivity index (χ4v) is 2.23. The summed E-state index contributed by atoms with van der Waals surface area (Å²) >= 11 is 5.63. The molecule has 5 heteroatoms. The molecule has 0 atom stereocenters. The van der Waals surface area contributed by atoms with E-state index in [4.69, 9.17) is 16.0 Å². The van der Waals surface area contributed by atoms with Crippen molar-refractivity contribution in [3.8, 4) is 0 Å². The smallest absolute Gasteiger partial charge is 0.289 e. The van der Waals surface area contributed by atoms with Crippen LogP contribution in [0.1, 0.15) is 36.2 Å². The Morgan fingerprint density at radius 2 is 2.06 bits per heavy atom. The van der Waals surface area contributed by atoms with Crippen LogP contribution in [0.3, 0.4) is 0 Å². The van der Waals surface area contributed by atoms with Crippen LogP contribution in [-0.2, 0) is 4.79 Å². The summed E-state index contributed by atoms with van der Waals surface area (Å²) in [6.07, 6.45) is 2.58. The Kier molecular flexibility index (Phi) is 3.52.